The summed E-state index contributed by atoms with van der Waals surface area (Å²) < 4.78 is 6.28. The first-order chi connectivity index (χ1) is 13.3. The normalized spacial score (nSPS) is 11.3. The number of fused-ring (bicyclic) bond motifs is 3. The van der Waals surface area contributed by atoms with Crippen molar-refractivity contribution >= 4 is 21.9 Å². The highest BCUT2D eigenvalue weighted by atomic mass is 16.3. The molecule has 0 spiro atoms. The van der Waals surface area contributed by atoms with Crippen LogP contribution in [0.25, 0.3) is 44.3 Å². The summed E-state index contributed by atoms with van der Waals surface area (Å²) in [5.41, 5.74) is 7.30. The van der Waals surface area contributed by atoms with Crippen molar-refractivity contribution in [1.29, 1.82) is 0 Å². The molecule has 130 valence electrons. The van der Waals surface area contributed by atoms with E-state index < -0.39 is 0 Å². The molecule has 0 saturated carbocycles. The van der Waals surface area contributed by atoms with Crippen LogP contribution in [0.5, 0.6) is 0 Å². The Kier molecular flexibility index (Phi) is 3.72. The van der Waals surface area contributed by atoms with Crippen molar-refractivity contribution in [2.75, 3.05) is 0 Å². The number of aryl methyl sites for hydroxylation is 1. The number of furan rings is 1. The minimum Gasteiger partial charge on any atom is -0.455 e. The largest absolute Gasteiger partial charge is 0.455 e. The van der Waals surface area contributed by atoms with Gasteiger partial charge in [0.2, 0.25) is 0 Å². The number of pyridine rings is 2. The molecule has 0 bridgehead atoms. The van der Waals surface area contributed by atoms with E-state index in [0.717, 1.165) is 45.4 Å². The number of hydrogen-bond acceptors (Lipinski definition) is 3. The molecule has 3 heterocycles. The molecule has 0 radical (unpaired) electrons. The van der Waals surface area contributed by atoms with Crippen LogP contribution in [0.1, 0.15) is 12.5 Å². The Balaban J connectivity index is 1.77. The summed E-state index contributed by atoms with van der Waals surface area (Å²) in [7, 11) is 0. The number of benzene rings is 2. The molecule has 0 N–H and O–H groups in total. The molecule has 3 nitrogen and oxygen atoms in total. The van der Waals surface area contributed by atoms with E-state index in [1.807, 2.05) is 48.9 Å². The molecule has 27 heavy (non-hydrogen) atoms. The van der Waals surface area contributed by atoms with E-state index in [1.165, 1.54) is 10.9 Å². The predicted octanol–water partition coefficient (Wildman–Crippen LogP) is 6.27. The summed E-state index contributed by atoms with van der Waals surface area (Å²) in [6.45, 7) is 2.18. The summed E-state index contributed by atoms with van der Waals surface area (Å²) in [6, 6.07) is 20.7. The topological polar surface area (TPSA) is 38.9 Å². The number of hydrogen-bond donors (Lipinski definition) is 0. The second kappa shape index (κ2) is 6.36. The third kappa shape index (κ3) is 2.59. The average molecular weight is 350 g/mol. The zero-order valence-electron chi connectivity index (χ0n) is 15.0. The van der Waals surface area contributed by atoms with Crippen LogP contribution in [0, 0.1) is 0 Å². The number of para-hydroxylation sites is 1. The summed E-state index contributed by atoms with van der Waals surface area (Å²) in [5, 5.41) is 2.36. The lowest BCUT2D eigenvalue weighted by Crippen LogP contribution is -1.89. The van der Waals surface area contributed by atoms with Gasteiger partial charge in [0.15, 0.2) is 0 Å². The second-order valence-corrected chi connectivity index (χ2v) is 6.59. The minimum atomic E-state index is 0.912. The lowest BCUT2D eigenvalue weighted by molar-refractivity contribution is 0.669. The maximum absolute atomic E-state index is 6.28. The Morgan fingerprint density at radius 1 is 0.852 bits per heavy atom. The fourth-order valence-electron chi connectivity index (χ4n) is 3.69. The van der Waals surface area contributed by atoms with Crippen molar-refractivity contribution in [2.45, 2.75) is 13.3 Å². The average Bonchev–Trinajstić information content (AvgIpc) is 3.13. The summed E-state index contributed by atoms with van der Waals surface area (Å²) in [4.78, 5) is 8.74. The highest BCUT2D eigenvalue weighted by Crippen LogP contribution is 2.38. The van der Waals surface area contributed by atoms with Gasteiger partial charge in [0.05, 0.1) is 5.69 Å². The fraction of sp³-hybridized carbons (Fsp3) is 0.0833. The highest BCUT2D eigenvalue weighted by Gasteiger charge is 2.16. The van der Waals surface area contributed by atoms with Gasteiger partial charge in [-0.05, 0) is 59.5 Å². The molecule has 0 unspecified atom stereocenters. The van der Waals surface area contributed by atoms with Crippen LogP contribution < -0.4 is 0 Å². The Morgan fingerprint density at radius 2 is 1.67 bits per heavy atom. The third-order valence-corrected chi connectivity index (χ3v) is 5.04. The van der Waals surface area contributed by atoms with E-state index in [4.69, 9.17) is 4.42 Å². The van der Waals surface area contributed by atoms with Crippen LogP contribution in [0.3, 0.4) is 0 Å². The smallest absolute Gasteiger partial charge is 0.145 e. The molecule has 0 aliphatic rings. The van der Waals surface area contributed by atoms with Crippen molar-refractivity contribution < 1.29 is 4.42 Å². The minimum absolute atomic E-state index is 0.912. The van der Waals surface area contributed by atoms with E-state index in [0.29, 0.717) is 0 Å². The van der Waals surface area contributed by atoms with E-state index in [-0.39, 0.29) is 0 Å². The van der Waals surface area contributed by atoms with Gasteiger partial charge in [-0.3, -0.25) is 9.97 Å². The van der Waals surface area contributed by atoms with Gasteiger partial charge in [0, 0.05) is 34.9 Å². The number of nitrogens with zero attached hydrogens (tertiary/aromatic N) is 2. The molecular formula is C24H18N2O. The maximum Gasteiger partial charge on any atom is 0.145 e. The molecule has 0 amide bonds. The Hall–Kier alpha value is -3.46. The number of aromatic nitrogens is 2. The van der Waals surface area contributed by atoms with Crippen molar-refractivity contribution in [1.82, 2.24) is 9.97 Å². The molecular weight excluding hydrogens is 332 g/mol. The van der Waals surface area contributed by atoms with Crippen LogP contribution in [0.2, 0.25) is 0 Å². The summed E-state index contributed by atoms with van der Waals surface area (Å²) in [6.07, 6.45) is 6.43. The lowest BCUT2D eigenvalue weighted by Gasteiger charge is -2.08. The lowest BCUT2D eigenvalue weighted by atomic mass is 9.98. The highest BCUT2D eigenvalue weighted by molar-refractivity contribution is 6.11. The molecule has 3 heteroatoms. The monoisotopic (exact) mass is 350 g/mol. The molecule has 2 aromatic carbocycles. The Labute approximate surface area is 157 Å². The van der Waals surface area contributed by atoms with Crippen LogP contribution in [0.15, 0.2) is 83.7 Å². The molecule has 0 aliphatic heterocycles. The van der Waals surface area contributed by atoms with Gasteiger partial charge in [-0.15, -0.1) is 0 Å². The van der Waals surface area contributed by atoms with Gasteiger partial charge in [-0.1, -0.05) is 31.2 Å². The molecule has 0 saturated heterocycles. The standard InChI is InChI=1S/C24H18N2O/c1-2-16-7-8-19(24-23(16)20-5-3-4-6-22(20)27-24)21-15-18(11-14-26-21)17-9-12-25-13-10-17/h3-15H,2H2,1H3. The first kappa shape index (κ1) is 15.8. The second-order valence-electron chi connectivity index (χ2n) is 6.59. The summed E-state index contributed by atoms with van der Waals surface area (Å²) in [5.74, 6) is 0. The van der Waals surface area contributed by atoms with Crippen molar-refractivity contribution in [3.8, 4) is 22.4 Å². The van der Waals surface area contributed by atoms with E-state index in [9.17, 15) is 0 Å². The van der Waals surface area contributed by atoms with Crippen LogP contribution in [0.4, 0.5) is 0 Å². The van der Waals surface area contributed by atoms with Gasteiger partial charge >= 0.3 is 0 Å². The Bertz CT molecular complexity index is 1260. The van der Waals surface area contributed by atoms with Gasteiger partial charge < -0.3 is 4.42 Å². The molecule has 0 atom stereocenters. The molecule has 0 aliphatic carbocycles. The molecule has 5 rings (SSSR count). The Morgan fingerprint density at radius 3 is 2.52 bits per heavy atom. The van der Waals surface area contributed by atoms with Crippen molar-refractivity contribution in [3.05, 3.63) is 84.8 Å². The third-order valence-electron chi connectivity index (χ3n) is 5.04. The molecule has 0 fully saturated rings. The number of rotatable bonds is 3. The van der Waals surface area contributed by atoms with Gasteiger partial charge in [0.1, 0.15) is 11.2 Å². The SMILES string of the molecule is CCc1ccc(-c2cc(-c3ccncc3)ccn2)c2oc3ccccc3c12. The molecule has 3 aromatic heterocycles. The summed E-state index contributed by atoms with van der Waals surface area (Å²) >= 11 is 0. The van der Waals surface area contributed by atoms with Gasteiger partial charge in [-0.25, -0.2) is 0 Å². The van der Waals surface area contributed by atoms with Gasteiger partial charge in [0.25, 0.3) is 0 Å². The fourth-order valence-corrected chi connectivity index (χ4v) is 3.69. The van der Waals surface area contributed by atoms with Crippen molar-refractivity contribution in [3.63, 3.8) is 0 Å². The van der Waals surface area contributed by atoms with Gasteiger partial charge in [-0.2, -0.15) is 0 Å². The first-order valence-electron chi connectivity index (χ1n) is 9.15. The van der Waals surface area contributed by atoms with Crippen molar-refractivity contribution in [2.24, 2.45) is 0 Å². The molecule has 5 aromatic rings. The van der Waals surface area contributed by atoms with E-state index >= 15 is 0 Å². The van der Waals surface area contributed by atoms with E-state index in [2.05, 4.69) is 47.2 Å². The zero-order valence-corrected chi connectivity index (χ0v) is 15.0. The van der Waals surface area contributed by atoms with Crippen LogP contribution in [-0.2, 0) is 6.42 Å². The zero-order chi connectivity index (χ0) is 18.2. The quantitative estimate of drug-likeness (QED) is 0.385. The van der Waals surface area contributed by atoms with Crippen LogP contribution >= 0.6 is 0 Å². The van der Waals surface area contributed by atoms with Crippen LogP contribution in [-0.4, -0.2) is 9.97 Å². The first-order valence-corrected chi connectivity index (χ1v) is 9.15. The van der Waals surface area contributed by atoms with E-state index in [1.54, 1.807) is 0 Å². The maximum atomic E-state index is 6.28. The predicted molar refractivity (Wildman–Crippen MR) is 110 cm³/mol.